The van der Waals surface area contributed by atoms with Gasteiger partial charge in [0.1, 0.15) is 6.04 Å². The molecule has 9 heteroatoms. The lowest BCUT2D eigenvalue weighted by Gasteiger charge is -2.21. The highest BCUT2D eigenvalue weighted by Crippen LogP contribution is 2.23. The van der Waals surface area contributed by atoms with Crippen LogP contribution in [0.25, 0.3) is 11.1 Å². The number of carbonyl (C=O) groups excluding carboxylic acids is 3. The van der Waals surface area contributed by atoms with Crippen LogP contribution in [0.15, 0.2) is 48.5 Å². The fraction of sp³-hybridized carbons (Fsp3) is 0.400. The Morgan fingerprint density at radius 3 is 2.15 bits per heavy atom. The van der Waals surface area contributed by atoms with Crippen molar-refractivity contribution in [3.8, 4) is 11.1 Å². The van der Waals surface area contributed by atoms with Crippen molar-refractivity contribution in [2.75, 3.05) is 25.0 Å². The van der Waals surface area contributed by atoms with Crippen molar-refractivity contribution >= 4 is 23.4 Å². The lowest BCUT2D eigenvalue weighted by Crippen LogP contribution is -2.50. The van der Waals surface area contributed by atoms with Crippen molar-refractivity contribution in [3.05, 3.63) is 54.1 Å². The van der Waals surface area contributed by atoms with E-state index in [4.69, 9.17) is 10.9 Å². The summed E-state index contributed by atoms with van der Waals surface area (Å²) < 4.78 is 0. The second kappa shape index (κ2) is 12.8. The molecule has 34 heavy (non-hydrogen) atoms. The van der Waals surface area contributed by atoms with Crippen LogP contribution in [0.5, 0.6) is 0 Å². The van der Waals surface area contributed by atoms with Crippen molar-refractivity contribution in [2.45, 2.75) is 38.1 Å². The largest absolute Gasteiger partial charge is 0.339 e. The molecule has 0 heterocycles. The number of rotatable bonds is 10. The summed E-state index contributed by atoms with van der Waals surface area (Å²) in [5.41, 5.74) is 9.84. The monoisotopic (exact) mass is 467 g/mol. The third kappa shape index (κ3) is 7.38. The molecule has 3 amide bonds. The summed E-state index contributed by atoms with van der Waals surface area (Å²) in [6.07, 6.45) is 6.40. The van der Waals surface area contributed by atoms with Gasteiger partial charge >= 0.3 is 0 Å². The van der Waals surface area contributed by atoms with Crippen molar-refractivity contribution in [3.63, 3.8) is 0 Å². The summed E-state index contributed by atoms with van der Waals surface area (Å²) in [6, 6.07) is 13.3. The first-order valence-corrected chi connectivity index (χ1v) is 11.7. The first kappa shape index (κ1) is 25.4. The van der Waals surface area contributed by atoms with Gasteiger partial charge in [-0.05, 0) is 60.7 Å². The molecule has 0 unspecified atom stereocenters. The highest BCUT2D eigenvalue weighted by atomic mass is 16.5. The molecule has 7 N–H and O–H groups in total. The van der Waals surface area contributed by atoms with E-state index in [1.165, 1.54) is 37.6 Å². The Hall–Kier alpha value is -3.27. The van der Waals surface area contributed by atoms with Gasteiger partial charge in [0.2, 0.25) is 5.91 Å². The fourth-order valence-corrected chi connectivity index (χ4v) is 4.10. The zero-order valence-electron chi connectivity index (χ0n) is 19.2. The molecule has 1 atom stereocenters. The highest BCUT2D eigenvalue weighted by Gasteiger charge is 2.19. The first-order valence-electron chi connectivity index (χ1n) is 11.7. The predicted molar refractivity (Wildman–Crippen MR) is 130 cm³/mol. The average Bonchev–Trinajstić information content (AvgIpc) is 2.88. The van der Waals surface area contributed by atoms with E-state index in [9.17, 15) is 14.4 Å². The summed E-state index contributed by atoms with van der Waals surface area (Å²) in [4.78, 5) is 36.0. The highest BCUT2D eigenvalue weighted by molar-refractivity contribution is 5.98. The van der Waals surface area contributed by atoms with Crippen LogP contribution in [0.3, 0.4) is 0 Å². The summed E-state index contributed by atoms with van der Waals surface area (Å²) in [5.74, 6) is -0.634. The smallest absolute Gasteiger partial charge is 0.267 e. The van der Waals surface area contributed by atoms with E-state index in [0.717, 1.165) is 23.4 Å². The van der Waals surface area contributed by atoms with Gasteiger partial charge in [-0.3, -0.25) is 19.6 Å². The molecule has 2 aromatic rings. The van der Waals surface area contributed by atoms with Crippen LogP contribution in [0.1, 0.15) is 42.5 Å². The van der Waals surface area contributed by atoms with E-state index in [0.29, 0.717) is 18.0 Å². The van der Waals surface area contributed by atoms with E-state index < -0.39 is 17.9 Å². The van der Waals surface area contributed by atoms with Gasteiger partial charge in [-0.1, -0.05) is 43.5 Å². The van der Waals surface area contributed by atoms with E-state index in [-0.39, 0.29) is 12.5 Å². The van der Waals surface area contributed by atoms with Gasteiger partial charge in [0.15, 0.2) is 0 Å². The quantitative estimate of drug-likeness (QED) is 0.233. The molecule has 9 nitrogen and oxygen atoms in total. The standard InChI is InChI=1S/C25H33N5O4/c26-14-22(25(33)30-34)29-24(32)20-8-6-18(7-9-20)19-10-12-21(13-11-19)28-23(31)16-27-15-17-4-2-1-3-5-17/h6-13,17,22,27,34H,1-5,14-16,26H2,(H,28,31)(H,29,32)(H,30,33)/t22-/m0/s1. The summed E-state index contributed by atoms with van der Waals surface area (Å²) >= 11 is 0. The number of hydrogen-bond acceptors (Lipinski definition) is 6. The van der Waals surface area contributed by atoms with Crippen LogP contribution in [-0.2, 0) is 9.59 Å². The van der Waals surface area contributed by atoms with Crippen LogP contribution < -0.4 is 27.2 Å². The van der Waals surface area contributed by atoms with E-state index >= 15 is 0 Å². The molecule has 1 aliphatic rings. The summed E-state index contributed by atoms with van der Waals surface area (Å²) in [5, 5.41) is 17.3. The molecule has 0 bridgehead atoms. The maximum absolute atomic E-state index is 12.3. The number of nitrogens with two attached hydrogens (primary N) is 1. The average molecular weight is 468 g/mol. The van der Waals surface area contributed by atoms with Gasteiger partial charge in [-0.15, -0.1) is 0 Å². The van der Waals surface area contributed by atoms with E-state index in [1.54, 1.807) is 24.3 Å². The van der Waals surface area contributed by atoms with Crippen molar-refractivity contribution < 1.29 is 19.6 Å². The molecule has 1 saturated carbocycles. The zero-order chi connectivity index (χ0) is 24.3. The topological polar surface area (TPSA) is 146 Å². The number of carbonyl (C=O) groups is 3. The number of nitrogens with one attached hydrogen (secondary N) is 4. The Bertz CT molecular complexity index is 956. The van der Waals surface area contributed by atoms with Gasteiger partial charge in [0.05, 0.1) is 6.54 Å². The van der Waals surface area contributed by atoms with E-state index in [2.05, 4.69) is 16.0 Å². The van der Waals surface area contributed by atoms with Crippen molar-refractivity contribution in [1.82, 2.24) is 16.1 Å². The maximum Gasteiger partial charge on any atom is 0.267 e. The van der Waals surface area contributed by atoms with Crippen LogP contribution in [0, 0.1) is 5.92 Å². The van der Waals surface area contributed by atoms with Gasteiger partial charge < -0.3 is 21.7 Å². The lowest BCUT2D eigenvalue weighted by molar-refractivity contribution is -0.130. The van der Waals surface area contributed by atoms with Crippen molar-refractivity contribution in [1.29, 1.82) is 0 Å². The van der Waals surface area contributed by atoms with Gasteiger partial charge in [-0.2, -0.15) is 0 Å². The van der Waals surface area contributed by atoms with Crippen LogP contribution >= 0.6 is 0 Å². The van der Waals surface area contributed by atoms with Crippen LogP contribution in [-0.4, -0.2) is 48.6 Å². The van der Waals surface area contributed by atoms with Gasteiger partial charge in [-0.25, -0.2) is 5.48 Å². The third-order valence-electron chi connectivity index (χ3n) is 6.06. The second-order valence-electron chi connectivity index (χ2n) is 8.58. The Balaban J connectivity index is 1.49. The predicted octanol–water partition coefficient (Wildman–Crippen LogP) is 2.02. The molecule has 0 spiro atoms. The van der Waals surface area contributed by atoms with Gasteiger partial charge in [0, 0.05) is 17.8 Å². The minimum atomic E-state index is -1.03. The van der Waals surface area contributed by atoms with Crippen LogP contribution in [0.2, 0.25) is 0 Å². The molecule has 182 valence electrons. The SMILES string of the molecule is NC[C@H](NC(=O)c1ccc(-c2ccc(NC(=O)CNCC3CCCCC3)cc2)cc1)C(=O)NO. The Morgan fingerprint density at radius 2 is 1.56 bits per heavy atom. The Labute approximate surface area is 199 Å². The van der Waals surface area contributed by atoms with Crippen molar-refractivity contribution in [2.24, 2.45) is 11.7 Å². The molecule has 0 saturated heterocycles. The fourth-order valence-electron chi connectivity index (χ4n) is 4.10. The summed E-state index contributed by atoms with van der Waals surface area (Å²) in [6.45, 7) is 1.05. The Kier molecular flexibility index (Phi) is 9.57. The molecular formula is C25H33N5O4. The minimum Gasteiger partial charge on any atom is -0.339 e. The number of hydroxylamine groups is 1. The molecule has 0 radical (unpaired) electrons. The molecule has 1 fully saturated rings. The molecule has 2 aromatic carbocycles. The number of hydrogen-bond donors (Lipinski definition) is 6. The van der Waals surface area contributed by atoms with Crippen LogP contribution in [0.4, 0.5) is 5.69 Å². The minimum absolute atomic E-state index is 0.0652. The zero-order valence-corrected chi connectivity index (χ0v) is 19.2. The molecule has 0 aliphatic heterocycles. The number of anilines is 1. The first-order chi connectivity index (χ1) is 16.5. The van der Waals surface area contributed by atoms with E-state index in [1.807, 2.05) is 24.3 Å². The number of amides is 3. The second-order valence-corrected chi connectivity index (χ2v) is 8.58. The molecule has 1 aliphatic carbocycles. The molecular weight excluding hydrogens is 434 g/mol. The normalized spacial score (nSPS) is 14.8. The van der Waals surface area contributed by atoms with Gasteiger partial charge in [0.25, 0.3) is 11.8 Å². The molecule has 3 rings (SSSR count). The number of benzene rings is 2. The third-order valence-corrected chi connectivity index (χ3v) is 6.06. The molecule has 0 aromatic heterocycles. The Morgan fingerprint density at radius 1 is 0.941 bits per heavy atom. The summed E-state index contributed by atoms with van der Waals surface area (Å²) in [7, 11) is 0. The lowest BCUT2D eigenvalue weighted by atomic mass is 9.89. The maximum atomic E-state index is 12.3.